The predicted octanol–water partition coefficient (Wildman–Crippen LogP) is 1.85. The number of hydrogen-bond acceptors (Lipinski definition) is 2. The predicted molar refractivity (Wildman–Crippen MR) is 46.1 cm³/mol. The van der Waals surface area contributed by atoms with E-state index < -0.39 is 0 Å². The van der Waals surface area contributed by atoms with Crippen molar-refractivity contribution in [2.45, 2.75) is 39.2 Å². The zero-order valence-electron chi connectivity index (χ0n) is 7.89. The zero-order valence-corrected chi connectivity index (χ0v) is 7.89. The number of amides is 1. The highest BCUT2D eigenvalue weighted by Crippen LogP contribution is 2.24. The lowest BCUT2D eigenvalue weighted by Gasteiger charge is -2.26. The lowest BCUT2D eigenvalue weighted by atomic mass is 10.2. The van der Waals surface area contributed by atoms with Crippen LogP contribution in [0.5, 0.6) is 0 Å². The Labute approximate surface area is 73.0 Å². The molecule has 0 atom stereocenters. The average molecular weight is 169 g/mol. The minimum absolute atomic E-state index is 0.00919. The molecule has 1 saturated heterocycles. The highest BCUT2D eigenvalue weighted by molar-refractivity contribution is 5.79. The number of allylic oxidation sites excluding steroid dienone is 1. The molecule has 0 aromatic rings. The van der Waals surface area contributed by atoms with Crippen LogP contribution in [0.3, 0.4) is 0 Å². The Morgan fingerprint density at radius 1 is 1.42 bits per heavy atom. The first kappa shape index (κ1) is 9.26. The average Bonchev–Trinajstić information content (AvgIpc) is 2.16. The van der Waals surface area contributed by atoms with Gasteiger partial charge in [-0.05, 0) is 27.2 Å². The van der Waals surface area contributed by atoms with E-state index in [4.69, 9.17) is 4.84 Å². The first-order valence-electron chi connectivity index (χ1n) is 4.10. The fourth-order valence-corrected chi connectivity index (χ4v) is 1.02. The lowest BCUT2D eigenvalue weighted by Crippen LogP contribution is -2.33. The quantitative estimate of drug-likeness (QED) is 0.599. The second-order valence-electron chi connectivity index (χ2n) is 3.96. The molecule has 1 fully saturated rings. The molecule has 0 aromatic carbocycles. The number of rotatable bonds is 1. The fraction of sp³-hybridized carbons (Fsp3) is 0.667. The van der Waals surface area contributed by atoms with Gasteiger partial charge in [-0.15, -0.1) is 0 Å². The van der Waals surface area contributed by atoms with Gasteiger partial charge in [0.2, 0.25) is 0 Å². The van der Waals surface area contributed by atoms with E-state index in [0.717, 1.165) is 12.1 Å². The summed E-state index contributed by atoms with van der Waals surface area (Å²) >= 11 is 0. The second kappa shape index (κ2) is 2.90. The Kier molecular flexibility index (Phi) is 2.24. The molecule has 0 saturated carbocycles. The number of nitrogens with zero attached hydrogens (tertiary/aromatic N) is 1. The van der Waals surface area contributed by atoms with Crippen molar-refractivity contribution in [2.75, 3.05) is 0 Å². The van der Waals surface area contributed by atoms with Gasteiger partial charge in [0, 0.05) is 12.1 Å². The highest BCUT2D eigenvalue weighted by atomic mass is 16.7. The van der Waals surface area contributed by atoms with Gasteiger partial charge in [-0.1, -0.05) is 6.58 Å². The Bertz CT molecular complexity index is 199. The van der Waals surface area contributed by atoms with Gasteiger partial charge in [0.25, 0.3) is 5.91 Å². The molecule has 1 amide bonds. The fourth-order valence-electron chi connectivity index (χ4n) is 1.02. The molecule has 0 radical (unpaired) electrons. The van der Waals surface area contributed by atoms with E-state index in [1.165, 1.54) is 5.06 Å². The van der Waals surface area contributed by atoms with Gasteiger partial charge in [-0.25, -0.2) is 0 Å². The van der Waals surface area contributed by atoms with Crippen LogP contribution in [0.15, 0.2) is 12.3 Å². The van der Waals surface area contributed by atoms with Crippen LogP contribution in [0.4, 0.5) is 0 Å². The van der Waals surface area contributed by atoms with Gasteiger partial charge in [0.1, 0.15) is 0 Å². The van der Waals surface area contributed by atoms with Crippen molar-refractivity contribution >= 4 is 5.91 Å². The van der Waals surface area contributed by atoms with Crippen molar-refractivity contribution in [3.8, 4) is 0 Å². The SMILES string of the molecule is C=C1CCC(=O)N1OC(C)(C)C. The Hall–Kier alpha value is -0.830. The normalized spacial score (nSPS) is 19.1. The third-order valence-electron chi connectivity index (χ3n) is 1.51. The molecule has 0 aliphatic carbocycles. The molecular weight excluding hydrogens is 154 g/mol. The van der Waals surface area contributed by atoms with Gasteiger partial charge in [0.05, 0.1) is 5.60 Å². The summed E-state index contributed by atoms with van der Waals surface area (Å²) in [6.07, 6.45) is 1.24. The molecule has 1 aliphatic rings. The summed E-state index contributed by atoms with van der Waals surface area (Å²) in [7, 11) is 0. The summed E-state index contributed by atoms with van der Waals surface area (Å²) in [6, 6.07) is 0. The standard InChI is InChI=1S/C9H15NO2/c1-7-5-6-8(11)10(7)12-9(2,3)4/h1,5-6H2,2-4H3. The lowest BCUT2D eigenvalue weighted by molar-refractivity contribution is -0.205. The largest absolute Gasteiger partial charge is 0.272 e. The molecule has 0 spiro atoms. The second-order valence-corrected chi connectivity index (χ2v) is 3.96. The van der Waals surface area contributed by atoms with Crippen LogP contribution in [-0.4, -0.2) is 16.6 Å². The maximum Gasteiger partial charge on any atom is 0.250 e. The molecule has 1 aliphatic heterocycles. The van der Waals surface area contributed by atoms with Crippen molar-refractivity contribution in [3.05, 3.63) is 12.3 Å². The van der Waals surface area contributed by atoms with Gasteiger partial charge < -0.3 is 0 Å². The summed E-state index contributed by atoms with van der Waals surface area (Å²) in [6.45, 7) is 9.48. The molecule has 1 rings (SSSR count). The van der Waals surface area contributed by atoms with Crippen LogP contribution >= 0.6 is 0 Å². The van der Waals surface area contributed by atoms with Gasteiger partial charge in [-0.3, -0.25) is 9.63 Å². The zero-order chi connectivity index (χ0) is 9.35. The van der Waals surface area contributed by atoms with E-state index in [9.17, 15) is 4.79 Å². The van der Waals surface area contributed by atoms with E-state index in [-0.39, 0.29) is 11.5 Å². The number of hydroxylamine groups is 2. The van der Waals surface area contributed by atoms with Gasteiger partial charge in [-0.2, -0.15) is 5.06 Å². The van der Waals surface area contributed by atoms with Crippen LogP contribution in [0.2, 0.25) is 0 Å². The van der Waals surface area contributed by atoms with Crippen molar-refractivity contribution < 1.29 is 9.63 Å². The Morgan fingerprint density at radius 2 is 2.00 bits per heavy atom. The smallest absolute Gasteiger partial charge is 0.250 e. The summed E-state index contributed by atoms with van der Waals surface area (Å²) < 4.78 is 0. The summed E-state index contributed by atoms with van der Waals surface area (Å²) in [4.78, 5) is 16.6. The topological polar surface area (TPSA) is 29.5 Å². The summed E-state index contributed by atoms with van der Waals surface area (Å²) in [5.41, 5.74) is 0.429. The van der Waals surface area contributed by atoms with Crippen LogP contribution in [0, 0.1) is 0 Å². The summed E-state index contributed by atoms with van der Waals surface area (Å²) in [5, 5.41) is 1.32. The molecule has 0 bridgehead atoms. The van der Waals surface area contributed by atoms with Gasteiger partial charge in [0.15, 0.2) is 0 Å². The minimum Gasteiger partial charge on any atom is -0.272 e. The third-order valence-corrected chi connectivity index (χ3v) is 1.51. The monoisotopic (exact) mass is 169 g/mol. The van der Waals surface area contributed by atoms with Crippen molar-refractivity contribution in [3.63, 3.8) is 0 Å². The van der Waals surface area contributed by atoms with Crippen molar-refractivity contribution in [2.24, 2.45) is 0 Å². The van der Waals surface area contributed by atoms with E-state index in [1.807, 2.05) is 20.8 Å². The van der Waals surface area contributed by atoms with Crippen LogP contribution in [-0.2, 0) is 9.63 Å². The minimum atomic E-state index is -0.330. The van der Waals surface area contributed by atoms with Crippen molar-refractivity contribution in [1.82, 2.24) is 5.06 Å². The molecule has 12 heavy (non-hydrogen) atoms. The summed E-state index contributed by atoms with van der Waals surface area (Å²) in [5.74, 6) is 0.00919. The molecule has 0 unspecified atom stereocenters. The molecule has 0 aromatic heterocycles. The van der Waals surface area contributed by atoms with Crippen LogP contribution in [0.25, 0.3) is 0 Å². The molecule has 3 heteroatoms. The highest BCUT2D eigenvalue weighted by Gasteiger charge is 2.29. The molecule has 0 N–H and O–H groups in total. The first-order valence-corrected chi connectivity index (χ1v) is 4.10. The number of carbonyl (C=O) groups is 1. The number of carbonyl (C=O) groups excluding carboxylic acids is 1. The molecule has 3 nitrogen and oxygen atoms in total. The molecule has 1 heterocycles. The van der Waals surface area contributed by atoms with E-state index >= 15 is 0 Å². The van der Waals surface area contributed by atoms with Gasteiger partial charge >= 0.3 is 0 Å². The number of hydrogen-bond donors (Lipinski definition) is 0. The maximum absolute atomic E-state index is 11.2. The van der Waals surface area contributed by atoms with E-state index in [2.05, 4.69) is 6.58 Å². The van der Waals surface area contributed by atoms with Crippen LogP contribution in [0.1, 0.15) is 33.6 Å². The van der Waals surface area contributed by atoms with Crippen LogP contribution < -0.4 is 0 Å². The Morgan fingerprint density at radius 3 is 2.33 bits per heavy atom. The third kappa shape index (κ3) is 2.08. The molecular formula is C9H15NO2. The van der Waals surface area contributed by atoms with E-state index in [1.54, 1.807) is 0 Å². The van der Waals surface area contributed by atoms with Crippen molar-refractivity contribution in [1.29, 1.82) is 0 Å². The first-order chi connectivity index (χ1) is 5.40. The Balaban J connectivity index is 2.62. The maximum atomic E-state index is 11.2. The van der Waals surface area contributed by atoms with E-state index in [0.29, 0.717) is 6.42 Å². The molecule has 68 valence electrons.